The maximum atomic E-state index is 3.64. The van der Waals surface area contributed by atoms with E-state index in [0.717, 1.165) is 6.54 Å². The standard InChI is InChI=1S/C18H31N/c1-4-5-6-7-8-9-12-15-19-17(3)18-14-11-10-13-16(18)2/h10-11,13-14,17,19H,4-9,12,15H2,1-3H3/t17-/m1/s1. The van der Waals surface area contributed by atoms with Crippen molar-refractivity contribution in [2.24, 2.45) is 0 Å². The van der Waals surface area contributed by atoms with Crippen LogP contribution in [0.15, 0.2) is 24.3 Å². The third-order valence-electron chi connectivity index (χ3n) is 3.89. The molecular weight excluding hydrogens is 230 g/mol. The summed E-state index contributed by atoms with van der Waals surface area (Å²) in [5, 5.41) is 3.64. The van der Waals surface area contributed by atoms with E-state index in [-0.39, 0.29) is 0 Å². The summed E-state index contributed by atoms with van der Waals surface area (Å²) in [5.74, 6) is 0. The van der Waals surface area contributed by atoms with E-state index < -0.39 is 0 Å². The number of benzene rings is 1. The Morgan fingerprint density at radius 1 is 0.947 bits per heavy atom. The van der Waals surface area contributed by atoms with E-state index in [0.29, 0.717) is 6.04 Å². The lowest BCUT2D eigenvalue weighted by Crippen LogP contribution is -2.20. The molecule has 1 rings (SSSR count). The summed E-state index contributed by atoms with van der Waals surface area (Å²) in [6.45, 7) is 7.88. The SMILES string of the molecule is CCCCCCCCCN[C@H](C)c1ccccc1C. The molecular formula is C18H31N. The molecule has 0 bridgehead atoms. The summed E-state index contributed by atoms with van der Waals surface area (Å²) in [4.78, 5) is 0. The van der Waals surface area contributed by atoms with E-state index in [9.17, 15) is 0 Å². The number of hydrogen-bond donors (Lipinski definition) is 1. The van der Waals surface area contributed by atoms with Crippen LogP contribution in [0, 0.1) is 6.92 Å². The number of nitrogens with one attached hydrogen (secondary N) is 1. The summed E-state index contributed by atoms with van der Waals surface area (Å²) >= 11 is 0. The van der Waals surface area contributed by atoms with Crippen LogP contribution >= 0.6 is 0 Å². The van der Waals surface area contributed by atoms with Gasteiger partial charge in [0.15, 0.2) is 0 Å². The van der Waals surface area contributed by atoms with Crippen molar-refractivity contribution in [3.8, 4) is 0 Å². The highest BCUT2D eigenvalue weighted by Crippen LogP contribution is 2.16. The molecule has 0 amide bonds. The topological polar surface area (TPSA) is 12.0 Å². The van der Waals surface area contributed by atoms with Crippen molar-refractivity contribution >= 4 is 0 Å². The van der Waals surface area contributed by atoms with Crippen LogP contribution in [0.4, 0.5) is 0 Å². The van der Waals surface area contributed by atoms with Gasteiger partial charge in [-0.25, -0.2) is 0 Å². The zero-order valence-corrected chi connectivity index (χ0v) is 13.0. The Morgan fingerprint density at radius 3 is 2.26 bits per heavy atom. The first-order valence-electron chi connectivity index (χ1n) is 8.04. The highest BCUT2D eigenvalue weighted by atomic mass is 14.9. The number of unbranched alkanes of at least 4 members (excludes halogenated alkanes) is 6. The number of aryl methyl sites for hydroxylation is 1. The molecule has 19 heavy (non-hydrogen) atoms. The van der Waals surface area contributed by atoms with Crippen LogP contribution in [0.2, 0.25) is 0 Å². The molecule has 0 radical (unpaired) electrons. The average Bonchev–Trinajstić information content (AvgIpc) is 2.42. The fraction of sp³-hybridized carbons (Fsp3) is 0.667. The largest absolute Gasteiger partial charge is 0.310 e. The Hall–Kier alpha value is -0.820. The van der Waals surface area contributed by atoms with Gasteiger partial charge < -0.3 is 5.32 Å². The average molecular weight is 261 g/mol. The lowest BCUT2D eigenvalue weighted by Gasteiger charge is -2.16. The smallest absolute Gasteiger partial charge is 0.0294 e. The maximum Gasteiger partial charge on any atom is 0.0294 e. The van der Waals surface area contributed by atoms with E-state index in [4.69, 9.17) is 0 Å². The van der Waals surface area contributed by atoms with Crippen LogP contribution in [0.3, 0.4) is 0 Å². The second-order valence-corrected chi connectivity index (χ2v) is 5.65. The van der Waals surface area contributed by atoms with Crippen LogP contribution in [0.5, 0.6) is 0 Å². The highest BCUT2D eigenvalue weighted by molar-refractivity contribution is 5.28. The monoisotopic (exact) mass is 261 g/mol. The Kier molecular flexibility index (Phi) is 8.57. The summed E-state index contributed by atoms with van der Waals surface area (Å²) in [5.41, 5.74) is 2.83. The van der Waals surface area contributed by atoms with Crippen LogP contribution < -0.4 is 5.32 Å². The lowest BCUT2D eigenvalue weighted by atomic mass is 10.0. The van der Waals surface area contributed by atoms with E-state index >= 15 is 0 Å². The van der Waals surface area contributed by atoms with Crippen LogP contribution in [0.1, 0.15) is 76.0 Å². The first-order chi connectivity index (χ1) is 9.25. The molecule has 108 valence electrons. The van der Waals surface area contributed by atoms with Gasteiger partial charge in [0.2, 0.25) is 0 Å². The summed E-state index contributed by atoms with van der Waals surface area (Å²) in [6, 6.07) is 9.15. The molecule has 1 atom stereocenters. The van der Waals surface area contributed by atoms with Gasteiger partial charge in [-0.05, 0) is 37.9 Å². The van der Waals surface area contributed by atoms with Gasteiger partial charge in [-0.15, -0.1) is 0 Å². The number of rotatable bonds is 10. The molecule has 1 aromatic rings. The third-order valence-corrected chi connectivity index (χ3v) is 3.89. The third kappa shape index (κ3) is 6.77. The molecule has 0 unspecified atom stereocenters. The van der Waals surface area contributed by atoms with E-state index in [1.165, 1.54) is 56.1 Å². The van der Waals surface area contributed by atoms with Crippen LogP contribution in [0.25, 0.3) is 0 Å². The normalized spacial score (nSPS) is 12.6. The summed E-state index contributed by atoms with van der Waals surface area (Å²) in [6.07, 6.45) is 9.67. The van der Waals surface area contributed by atoms with E-state index in [2.05, 4.69) is 50.4 Å². The second kappa shape index (κ2) is 10.0. The van der Waals surface area contributed by atoms with Gasteiger partial charge in [0.1, 0.15) is 0 Å². The molecule has 0 saturated heterocycles. The zero-order valence-electron chi connectivity index (χ0n) is 13.0. The Labute approximate surface area is 119 Å². The molecule has 0 aliphatic rings. The van der Waals surface area contributed by atoms with Gasteiger partial charge in [0.05, 0.1) is 0 Å². The van der Waals surface area contributed by atoms with Gasteiger partial charge in [0.25, 0.3) is 0 Å². The number of hydrogen-bond acceptors (Lipinski definition) is 1. The van der Waals surface area contributed by atoms with E-state index in [1.807, 2.05) is 0 Å². The molecule has 0 aliphatic heterocycles. The van der Waals surface area contributed by atoms with Gasteiger partial charge >= 0.3 is 0 Å². The molecule has 0 aromatic heterocycles. The molecule has 1 heteroatoms. The zero-order chi connectivity index (χ0) is 13.9. The van der Waals surface area contributed by atoms with Crippen molar-refractivity contribution in [3.05, 3.63) is 35.4 Å². The predicted molar refractivity (Wildman–Crippen MR) is 85.6 cm³/mol. The predicted octanol–water partition coefficient (Wildman–Crippen LogP) is 5.40. The molecule has 0 fully saturated rings. The minimum absolute atomic E-state index is 0.473. The molecule has 0 saturated carbocycles. The first-order valence-corrected chi connectivity index (χ1v) is 8.04. The highest BCUT2D eigenvalue weighted by Gasteiger charge is 2.05. The molecule has 0 spiro atoms. The molecule has 0 aliphatic carbocycles. The van der Waals surface area contributed by atoms with Crippen molar-refractivity contribution in [2.75, 3.05) is 6.54 Å². The van der Waals surface area contributed by atoms with Crippen LogP contribution in [-0.2, 0) is 0 Å². The van der Waals surface area contributed by atoms with Crippen LogP contribution in [-0.4, -0.2) is 6.54 Å². The molecule has 1 aromatic carbocycles. The fourth-order valence-corrected chi connectivity index (χ4v) is 2.58. The van der Waals surface area contributed by atoms with Crippen molar-refractivity contribution in [3.63, 3.8) is 0 Å². The quantitative estimate of drug-likeness (QED) is 0.556. The lowest BCUT2D eigenvalue weighted by molar-refractivity contribution is 0.523. The molecule has 0 heterocycles. The fourth-order valence-electron chi connectivity index (χ4n) is 2.58. The Balaban J connectivity index is 2.08. The Morgan fingerprint density at radius 2 is 1.58 bits per heavy atom. The van der Waals surface area contributed by atoms with Gasteiger partial charge in [0, 0.05) is 6.04 Å². The summed E-state index contributed by atoms with van der Waals surface area (Å²) in [7, 11) is 0. The van der Waals surface area contributed by atoms with Gasteiger partial charge in [-0.3, -0.25) is 0 Å². The second-order valence-electron chi connectivity index (χ2n) is 5.65. The minimum Gasteiger partial charge on any atom is -0.310 e. The van der Waals surface area contributed by atoms with Crippen molar-refractivity contribution in [1.29, 1.82) is 0 Å². The van der Waals surface area contributed by atoms with Gasteiger partial charge in [-0.2, -0.15) is 0 Å². The first kappa shape index (κ1) is 16.2. The maximum absolute atomic E-state index is 3.64. The molecule has 1 nitrogen and oxygen atoms in total. The van der Waals surface area contributed by atoms with Crippen molar-refractivity contribution < 1.29 is 0 Å². The van der Waals surface area contributed by atoms with E-state index in [1.54, 1.807) is 0 Å². The Bertz CT molecular complexity index is 332. The van der Waals surface area contributed by atoms with Crippen molar-refractivity contribution in [2.45, 2.75) is 71.8 Å². The van der Waals surface area contributed by atoms with Gasteiger partial charge in [-0.1, -0.05) is 69.7 Å². The molecule has 1 N–H and O–H groups in total. The summed E-state index contributed by atoms with van der Waals surface area (Å²) < 4.78 is 0. The minimum atomic E-state index is 0.473. The van der Waals surface area contributed by atoms with Crippen molar-refractivity contribution in [1.82, 2.24) is 5.32 Å².